The van der Waals surface area contributed by atoms with Crippen molar-refractivity contribution in [3.05, 3.63) is 17.7 Å². The molecule has 1 heterocycles. The van der Waals surface area contributed by atoms with Gasteiger partial charge in [0.15, 0.2) is 11.5 Å². The van der Waals surface area contributed by atoms with Crippen LogP contribution < -0.4 is 14.2 Å². The van der Waals surface area contributed by atoms with Crippen molar-refractivity contribution in [1.29, 1.82) is 0 Å². The Balaban J connectivity index is 2.38. The predicted octanol–water partition coefficient (Wildman–Crippen LogP) is 1.34. The number of carboxylic acids is 1. The van der Waals surface area contributed by atoms with E-state index >= 15 is 0 Å². The lowest BCUT2D eigenvalue weighted by Crippen LogP contribution is -2.28. The maximum absolute atomic E-state index is 10.9. The molecule has 1 aliphatic heterocycles. The second-order valence-electron chi connectivity index (χ2n) is 3.84. The molecule has 0 spiro atoms. The van der Waals surface area contributed by atoms with Gasteiger partial charge in [-0.2, -0.15) is 0 Å². The average Bonchev–Trinajstić information content (AvgIpc) is 2.36. The molecular formula is C12H14O5. The summed E-state index contributed by atoms with van der Waals surface area (Å²) < 4.78 is 15.9. The Kier molecular flexibility index (Phi) is 3.08. The van der Waals surface area contributed by atoms with Crippen molar-refractivity contribution in [2.75, 3.05) is 20.8 Å². The third-order valence-corrected chi connectivity index (χ3v) is 2.83. The van der Waals surface area contributed by atoms with Gasteiger partial charge in [-0.1, -0.05) is 6.07 Å². The van der Waals surface area contributed by atoms with Crippen molar-refractivity contribution >= 4 is 5.97 Å². The van der Waals surface area contributed by atoms with E-state index in [4.69, 9.17) is 19.3 Å². The Hall–Kier alpha value is -1.91. The van der Waals surface area contributed by atoms with Gasteiger partial charge in [-0.3, -0.25) is 4.79 Å². The quantitative estimate of drug-likeness (QED) is 0.860. The van der Waals surface area contributed by atoms with Gasteiger partial charge in [0.1, 0.15) is 6.61 Å². The molecule has 5 nitrogen and oxygen atoms in total. The van der Waals surface area contributed by atoms with Crippen molar-refractivity contribution in [3.8, 4) is 17.2 Å². The molecule has 5 heteroatoms. The van der Waals surface area contributed by atoms with E-state index in [1.807, 2.05) is 6.07 Å². The summed E-state index contributed by atoms with van der Waals surface area (Å²) in [5.41, 5.74) is 0.835. The highest BCUT2D eigenvalue weighted by atomic mass is 16.5. The van der Waals surface area contributed by atoms with E-state index in [2.05, 4.69) is 0 Å². The first-order valence-corrected chi connectivity index (χ1v) is 5.26. The Bertz CT molecular complexity index is 441. The third kappa shape index (κ3) is 2.00. The number of aliphatic carboxylic acids is 1. The van der Waals surface area contributed by atoms with Crippen molar-refractivity contribution in [3.63, 3.8) is 0 Å². The minimum atomic E-state index is -0.842. The van der Waals surface area contributed by atoms with Crippen LogP contribution in [0.4, 0.5) is 0 Å². The molecule has 0 fully saturated rings. The van der Waals surface area contributed by atoms with Crippen LogP contribution >= 0.6 is 0 Å². The number of hydrogen-bond acceptors (Lipinski definition) is 4. The molecule has 0 amide bonds. The van der Waals surface area contributed by atoms with Crippen LogP contribution in [0, 0.1) is 5.92 Å². The molecule has 0 aliphatic carbocycles. The largest absolute Gasteiger partial charge is 0.493 e. The second kappa shape index (κ2) is 4.53. The first kappa shape index (κ1) is 11.6. The standard InChI is InChI=1S/C12H14O5/c1-15-9-4-3-7-5-8(12(13)14)6-17-10(7)11(9)16-2/h3-4,8H,5-6H2,1-2H3,(H,13,14). The molecule has 1 atom stereocenters. The van der Waals surface area contributed by atoms with E-state index in [0.29, 0.717) is 23.7 Å². The van der Waals surface area contributed by atoms with E-state index in [1.165, 1.54) is 7.11 Å². The molecule has 1 N–H and O–H groups in total. The zero-order valence-corrected chi connectivity index (χ0v) is 9.73. The Morgan fingerprint density at radius 1 is 1.41 bits per heavy atom. The molecule has 1 aliphatic rings. The fraction of sp³-hybridized carbons (Fsp3) is 0.417. The Morgan fingerprint density at radius 3 is 2.76 bits per heavy atom. The van der Waals surface area contributed by atoms with Gasteiger partial charge in [0.05, 0.1) is 20.1 Å². The molecule has 1 aromatic carbocycles. The summed E-state index contributed by atoms with van der Waals surface area (Å²) in [6, 6.07) is 3.57. The van der Waals surface area contributed by atoms with Gasteiger partial charge < -0.3 is 19.3 Å². The fourth-order valence-electron chi connectivity index (χ4n) is 1.93. The third-order valence-electron chi connectivity index (χ3n) is 2.83. The predicted molar refractivity (Wildman–Crippen MR) is 59.9 cm³/mol. The summed E-state index contributed by atoms with van der Waals surface area (Å²) in [7, 11) is 3.08. The van der Waals surface area contributed by atoms with E-state index in [0.717, 1.165) is 5.56 Å². The van der Waals surface area contributed by atoms with E-state index in [9.17, 15) is 4.79 Å². The summed E-state index contributed by atoms with van der Waals surface area (Å²) in [5, 5.41) is 8.96. The van der Waals surface area contributed by atoms with Crippen LogP contribution in [0.25, 0.3) is 0 Å². The van der Waals surface area contributed by atoms with Gasteiger partial charge in [-0.15, -0.1) is 0 Å². The van der Waals surface area contributed by atoms with Crippen molar-refractivity contribution < 1.29 is 24.1 Å². The number of carboxylic acid groups (broad SMARTS) is 1. The molecule has 0 bridgehead atoms. The van der Waals surface area contributed by atoms with Crippen LogP contribution in [0.1, 0.15) is 5.56 Å². The van der Waals surface area contributed by atoms with E-state index < -0.39 is 11.9 Å². The maximum atomic E-state index is 10.9. The van der Waals surface area contributed by atoms with Crippen LogP contribution in [0.3, 0.4) is 0 Å². The molecular weight excluding hydrogens is 224 g/mol. The highest BCUT2D eigenvalue weighted by Crippen LogP contribution is 2.42. The number of methoxy groups -OCH3 is 2. The number of rotatable bonds is 3. The summed E-state index contributed by atoms with van der Waals surface area (Å²) in [4.78, 5) is 10.9. The smallest absolute Gasteiger partial charge is 0.310 e. The number of benzene rings is 1. The monoisotopic (exact) mass is 238 g/mol. The molecule has 1 unspecified atom stereocenters. The Morgan fingerprint density at radius 2 is 2.18 bits per heavy atom. The van der Waals surface area contributed by atoms with Crippen molar-refractivity contribution in [1.82, 2.24) is 0 Å². The second-order valence-corrected chi connectivity index (χ2v) is 3.84. The molecule has 0 saturated carbocycles. The topological polar surface area (TPSA) is 65.0 Å². The fourth-order valence-corrected chi connectivity index (χ4v) is 1.93. The maximum Gasteiger partial charge on any atom is 0.310 e. The summed E-state index contributed by atoms with van der Waals surface area (Å²) in [6.07, 6.45) is 0.449. The van der Waals surface area contributed by atoms with Gasteiger partial charge >= 0.3 is 5.97 Å². The zero-order chi connectivity index (χ0) is 12.4. The molecule has 17 heavy (non-hydrogen) atoms. The summed E-state index contributed by atoms with van der Waals surface area (Å²) in [5.74, 6) is 0.351. The van der Waals surface area contributed by atoms with Crippen LogP contribution in [0.5, 0.6) is 17.2 Å². The lowest BCUT2D eigenvalue weighted by molar-refractivity contribution is -0.143. The van der Waals surface area contributed by atoms with Gasteiger partial charge in [-0.05, 0) is 18.1 Å². The average molecular weight is 238 g/mol. The highest BCUT2D eigenvalue weighted by molar-refractivity contribution is 5.72. The lowest BCUT2D eigenvalue weighted by Gasteiger charge is -2.24. The number of hydrogen-bond donors (Lipinski definition) is 1. The van der Waals surface area contributed by atoms with Crippen molar-refractivity contribution in [2.45, 2.75) is 6.42 Å². The molecule has 1 aromatic rings. The number of carbonyl (C=O) groups is 1. The van der Waals surface area contributed by atoms with Gasteiger partial charge in [-0.25, -0.2) is 0 Å². The summed E-state index contributed by atoms with van der Waals surface area (Å²) in [6.45, 7) is 0.159. The van der Waals surface area contributed by atoms with Crippen LogP contribution in [0.2, 0.25) is 0 Å². The number of ether oxygens (including phenoxy) is 3. The van der Waals surface area contributed by atoms with Gasteiger partial charge in [0.25, 0.3) is 0 Å². The van der Waals surface area contributed by atoms with E-state index in [-0.39, 0.29) is 6.61 Å². The van der Waals surface area contributed by atoms with Crippen LogP contribution in [-0.4, -0.2) is 31.9 Å². The van der Waals surface area contributed by atoms with Crippen LogP contribution in [0.15, 0.2) is 12.1 Å². The van der Waals surface area contributed by atoms with Gasteiger partial charge in [0, 0.05) is 0 Å². The molecule has 0 saturated heterocycles. The van der Waals surface area contributed by atoms with Gasteiger partial charge in [0.2, 0.25) is 5.75 Å². The van der Waals surface area contributed by atoms with E-state index in [1.54, 1.807) is 13.2 Å². The first-order valence-electron chi connectivity index (χ1n) is 5.26. The minimum Gasteiger partial charge on any atom is -0.493 e. The minimum absolute atomic E-state index is 0.159. The van der Waals surface area contributed by atoms with Crippen LogP contribution in [-0.2, 0) is 11.2 Å². The molecule has 2 rings (SSSR count). The first-order chi connectivity index (χ1) is 8.17. The number of fused-ring (bicyclic) bond motifs is 1. The molecule has 0 radical (unpaired) electrons. The SMILES string of the molecule is COc1ccc2c(c1OC)OCC(C(=O)O)C2. The summed E-state index contributed by atoms with van der Waals surface area (Å²) >= 11 is 0. The molecule has 92 valence electrons. The zero-order valence-electron chi connectivity index (χ0n) is 9.73. The van der Waals surface area contributed by atoms with Crippen molar-refractivity contribution in [2.24, 2.45) is 5.92 Å². The lowest BCUT2D eigenvalue weighted by atomic mass is 9.96. The Labute approximate surface area is 98.9 Å². The highest BCUT2D eigenvalue weighted by Gasteiger charge is 2.28. The molecule has 0 aromatic heterocycles. The normalized spacial score (nSPS) is 17.9.